The summed E-state index contributed by atoms with van der Waals surface area (Å²) < 4.78 is 0. The smallest absolute Gasteiger partial charge is 0.223 e. The maximum atomic E-state index is 12.6. The number of hydrogen-bond donors (Lipinski definition) is 0. The molecule has 0 bridgehead atoms. The number of carbonyl (C=O) groups is 1. The van der Waals surface area contributed by atoms with E-state index in [0.717, 1.165) is 25.3 Å². The Morgan fingerprint density at radius 3 is 2.46 bits per heavy atom. The fraction of sp³-hybridized carbons (Fsp3) is 0.381. The highest BCUT2D eigenvalue weighted by molar-refractivity contribution is 7.99. The summed E-state index contributed by atoms with van der Waals surface area (Å²) in [5.74, 6) is 1.65. The van der Waals surface area contributed by atoms with E-state index in [9.17, 15) is 4.79 Å². The van der Waals surface area contributed by atoms with Crippen LogP contribution in [0.1, 0.15) is 37.2 Å². The van der Waals surface area contributed by atoms with Gasteiger partial charge in [-0.15, -0.1) is 11.8 Å². The summed E-state index contributed by atoms with van der Waals surface area (Å²) in [5, 5.41) is 0. The van der Waals surface area contributed by atoms with Crippen molar-refractivity contribution in [2.75, 3.05) is 18.8 Å². The SMILES string of the molecule is O=C(CCSc1ccccc1)N1CCCCC(c2ccccc2)C1. The molecule has 24 heavy (non-hydrogen) atoms. The molecule has 0 aliphatic carbocycles. The summed E-state index contributed by atoms with van der Waals surface area (Å²) in [6, 6.07) is 21.0. The van der Waals surface area contributed by atoms with Gasteiger partial charge < -0.3 is 4.90 Å². The molecule has 3 heteroatoms. The summed E-state index contributed by atoms with van der Waals surface area (Å²) in [5.41, 5.74) is 1.37. The van der Waals surface area contributed by atoms with E-state index in [4.69, 9.17) is 0 Å². The molecule has 1 aliphatic heterocycles. The van der Waals surface area contributed by atoms with Crippen molar-refractivity contribution in [2.45, 2.75) is 36.5 Å². The van der Waals surface area contributed by atoms with Gasteiger partial charge in [-0.1, -0.05) is 55.0 Å². The van der Waals surface area contributed by atoms with Crippen LogP contribution in [0.3, 0.4) is 0 Å². The Bertz CT molecular complexity index is 629. The minimum Gasteiger partial charge on any atom is -0.342 e. The highest BCUT2D eigenvalue weighted by Crippen LogP contribution is 2.27. The lowest BCUT2D eigenvalue weighted by atomic mass is 9.94. The lowest BCUT2D eigenvalue weighted by Gasteiger charge is -2.25. The Labute approximate surface area is 149 Å². The molecule has 0 radical (unpaired) electrons. The van der Waals surface area contributed by atoms with Gasteiger partial charge in [-0.2, -0.15) is 0 Å². The molecule has 0 saturated carbocycles. The zero-order valence-corrected chi connectivity index (χ0v) is 14.9. The van der Waals surface area contributed by atoms with Gasteiger partial charge in [0.25, 0.3) is 0 Å². The standard InChI is InChI=1S/C21H25NOS/c23-21(14-16-24-20-12-5-2-6-13-20)22-15-8-7-11-19(17-22)18-9-3-1-4-10-18/h1-6,9-10,12-13,19H,7-8,11,14-17H2. The van der Waals surface area contributed by atoms with Crippen LogP contribution in [0.5, 0.6) is 0 Å². The summed E-state index contributed by atoms with van der Waals surface area (Å²) in [6.07, 6.45) is 4.15. The lowest BCUT2D eigenvalue weighted by molar-refractivity contribution is -0.130. The second kappa shape index (κ2) is 8.93. The summed E-state index contributed by atoms with van der Waals surface area (Å²) in [4.78, 5) is 16.0. The summed E-state index contributed by atoms with van der Waals surface area (Å²) >= 11 is 1.77. The number of hydrogen-bond acceptors (Lipinski definition) is 2. The van der Waals surface area contributed by atoms with Crippen LogP contribution >= 0.6 is 11.8 Å². The summed E-state index contributed by atoms with van der Waals surface area (Å²) in [6.45, 7) is 1.79. The van der Waals surface area contributed by atoms with Crippen molar-refractivity contribution >= 4 is 17.7 Å². The van der Waals surface area contributed by atoms with E-state index >= 15 is 0 Å². The van der Waals surface area contributed by atoms with Crippen molar-refractivity contribution < 1.29 is 4.79 Å². The zero-order chi connectivity index (χ0) is 16.6. The third-order valence-corrected chi connectivity index (χ3v) is 5.64. The molecule has 3 rings (SSSR count). The second-order valence-corrected chi connectivity index (χ2v) is 7.52. The highest BCUT2D eigenvalue weighted by atomic mass is 32.2. The molecule has 2 nitrogen and oxygen atoms in total. The van der Waals surface area contributed by atoms with Crippen LogP contribution in [0.15, 0.2) is 65.6 Å². The minimum absolute atomic E-state index is 0.307. The van der Waals surface area contributed by atoms with Crippen LogP contribution in [0, 0.1) is 0 Å². The Kier molecular flexibility index (Phi) is 6.36. The zero-order valence-electron chi connectivity index (χ0n) is 14.1. The Morgan fingerprint density at radius 2 is 1.71 bits per heavy atom. The predicted octanol–water partition coefficient (Wildman–Crippen LogP) is 4.97. The van der Waals surface area contributed by atoms with Gasteiger partial charge in [0, 0.05) is 36.1 Å². The quantitative estimate of drug-likeness (QED) is 0.717. The monoisotopic (exact) mass is 339 g/mol. The van der Waals surface area contributed by atoms with Crippen LogP contribution in [0.25, 0.3) is 0 Å². The van der Waals surface area contributed by atoms with E-state index in [-0.39, 0.29) is 0 Å². The first-order valence-electron chi connectivity index (χ1n) is 8.83. The molecule has 2 aromatic rings. The molecule has 126 valence electrons. The number of carbonyl (C=O) groups excluding carboxylic acids is 1. The maximum absolute atomic E-state index is 12.6. The molecule has 1 atom stereocenters. The normalized spacial score (nSPS) is 18.2. The minimum atomic E-state index is 0.307. The molecule has 2 aromatic carbocycles. The van der Waals surface area contributed by atoms with E-state index < -0.39 is 0 Å². The van der Waals surface area contributed by atoms with Gasteiger partial charge in [-0.3, -0.25) is 4.79 Å². The number of rotatable bonds is 5. The van der Waals surface area contributed by atoms with Gasteiger partial charge in [0.1, 0.15) is 0 Å². The fourth-order valence-electron chi connectivity index (χ4n) is 3.30. The molecule has 1 amide bonds. The third-order valence-electron chi connectivity index (χ3n) is 4.62. The number of thioether (sulfide) groups is 1. The Balaban J connectivity index is 1.53. The number of amides is 1. The lowest BCUT2D eigenvalue weighted by Crippen LogP contribution is -2.34. The number of benzene rings is 2. The van der Waals surface area contributed by atoms with Gasteiger partial charge >= 0.3 is 0 Å². The molecule has 1 saturated heterocycles. The molecule has 1 heterocycles. The third kappa shape index (κ3) is 4.88. The topological polar surface area (TPSA) is 20.3 Å². The predicted molar refractivity (Wildman–Crippen MR) is 101 cm³/mol. The molecule has 1 unspecified atom stereocenters. The maximum Gasteiger partial charge on any atom is 0.223 e. The van der Waals surface area contributed by atoms with Gasteiger partial charge in [0.05, 0.1) is 0 Å². The van der Waals surface area contributed by atoms with Gasteiger partial charge in [0.15, 0.2) is 0 Å². The van der Waals surface area contributed by atoms with Gasteiger partial charge in [-0.25, -0.2) is 0 Å². The first kappa shape index (κ1) is 17.1. The van der Waals surface area contributed by atoms with Crippen molar-refractivity contribution in [2.24, 2.45) is 0 Å². The van der Waals surface area contributed by atoms with Crippen molar-refractivity contribution in [3.8, 4) is 0 Å². The van der Waals surface area contributed by atoms with Crippen molar-refractivity contribution in [1.82, 2.24) is 4.90 Å². The number of nitrogens with zero attached hydrogens (tertiary/aromatic N) is 1. The molecule has 1 fully saturated rings. The van der Waals surface area contributed by atoms with E-state index in [1.54, 1.807) is 11.8 Å². The molecule has 0 spiro atoms. The first-order valence-corrected chi connectivity index (χ1v) is 9.82. The molecular weight excluding hydrogens is 314 g/mol. The van der Waals surface area contributed by atoms with Crippen molar-refractivity contribution in [3.63, 3.8) is 0 Å². The van der Waals surface area contributed by atoms with Gasteiger partial charge in [0.2, 0.25) is 5.91 Å². The molecular formula is C21H25NOS. The fourth-order valence-corrected chi connectivity index (χ4v) is 4.16. The molecule has 0 aromatic heterocycles. The van der Waals surface area contributed by atoms with E-state index in [1.807, 2.05) is 18.2 Å². The van der Waals surface area contributed by atoms with Crippen LogP contribution in [0.4, 0.5) is 0 Å². The summed E-state index contributed by atoms with van der Waals surface area (Å²) in [7, 11) is 0. The van der Waals surface area contributed by atoms with E-state index in [1.165, 1.54) is 23.3 Å². The Morgan fingerprint density at radius 1 is 1.00 bits per heavy atom. The number of likely N-dealkylation sites (tertiary alicyclic amines) is 1. The highest BCUT2D eigenvalue weighted by Gasteiger charge is 2.22. The van der Waals surface area contributed by atoms with Crippen LogP contribution in [-0.4, -0.2) is 29.6 Å². The van der Waals surface area contributed by atoms with Crippen LogP contribution in [-0.2, 0) is 4.79 Å². The molecule has 1 aliphatic rings. The van der Waals surface area contributed by atoms with Crippen molar-refractivity contribution in [3.05, 3.63) is 66.2 Å². The molecule has 0 N–H and O–H groups in total. The van der Waals surface area contributed by atoms with Crippen LogP contribution in [0.2, 0.25) is 0 Å². The average molecular weight is 340 g/mol. The van der Waals surface area contributed by atoms with Crippen LogP contribution < -0.4 is 0 Å². The first-order chi connectivity index (χ1) is 11.8. The van der Waals surface area contributed by atoms with Gasteiger partial charge in [-0.05, 0) is 30.5 Å². The second-order valence-electron chi connectivity index (χ2n) is 6.35. The van der Waals surface area contributed by atoms with E-state index in [0.29, 0.717) is 18.2 Å². The largest absolute Gasteiger partial charge is 0.342 e. The van der Waals surface area contributed by atoms with Crippen molar-refractivity contribution in [1.29, 1.82) is 0 Å². The Hall–Kier alpha value is -1.74. The average Bonchev–Trinajstić information content (AvgIpc) is 2.90. The van der Waals surface area contributed by atoms with E-state index in [2.05, 4.69) is 47.4 Å².